The Kier molecular flexibility index (Phi) is 6.32. The number of carbonyl (C=O) groups is 1. The Bertz CT molecular complexity index is 767. The molecule has 1 heterocycles. The van der Waals surface area contributed by atoms with Gasteiger partial charge >= 0.3 is 0 Å². The summed E-state index contributed by atoms with van der Waals surface area (Å²) in [5.74, 6) is 1.19. The van der Waals surface area contributed by atoms with Crippen LogP contribution in [0.25, 0.3) is 0 Å². The van der Waals surface area contributed by atoms with Crippen LogP contribution in [0, 0.1) is 11.3 Å². The van der Waals surface area contributed by atoms with Crippen LogP contribution >= 0.6 is 0 Å². The topological polar surface area (TPSA) is 96.3 Å². The number of nitriles is 1. The van der Waals surface area contributed by atoms with E-state index >= 15 is 0 Å². The second kappa shape index (κ2) is 8.66. The van der Waals surface area contributed by atoms with Gasteiger partial charge in [0.2, 0.25) is 11.8 Å². The van der Waals surface area contributed by atoms with E-state index in [0.29, 0.717) is 28.6 Å². The molecule has 1 aromatic heterocycles. The first-order valence-electron chi connectivity index (χ1n) is 7.81. The quantitative estimate of drug-likeness (QED) is 0.804. The van der Waals surface area contributed by atoms with Gasteiger partial charge in [-0.2, -0.15) is 5.26 Å². The summed E-state index contributed by atoms with van der Waals surface area (Å²) in [5.41, 5.74) is 1.02. The number of anilines is 1. The van der Waals surface area contributed by atoms with Gasteiger partial charge in [0.1, 0.15) is 17.6 Å². The normalized spacial score (nSPS) is 10.2. The van der Waals surface area contributed by atoms with Gasteiger partial charge < -0.3 is 20.1 Å². The lowest BCUT2D eigenvalue weighted by molar-refractivity contribution is -0.115. The van der Waals surface area contributed by atoms with Crippen molar-refractivity contribution in [1.29, 1.82) is 5.26 Å². The Balaban J connectivity index is 2.09. The zero-order valence-corrected chi connectivity index (χ0v) is 14.4. The Morgan fingerprint density at radius 3 is 2.72 bits per heavy atom. The van der Waals surface area contributed by atoms with Gasteiger partial charge in [0, 0.05) is 12.1 Å². The maximum absolute atomic E-state index is 11.5. The van der Waals surface area contributed by atoms with Crippen molar-refractivity contribution in [2.24, 2.45) is 0 Å². The van der Waals surface area contributed by atoms with Crippen LogP contribution in [0.3, 0.4) is 0 Å². The van der Waals surface area contributed by atoms with E-state index < -0.39 is 0 Å². The minimum absolute atomic E-state index is 0.0546. The van der Waals surface area contributed by atoms with E-state index in [-0.39, 0.29) is 18.6 Å². The summed E-state index contributed by atoms with van der Waals surface area (Å²) in [4.78, 5) is 15.7. The summed E-state index contributed by atoms with van der Waals surface area (Å²) in [7, 11) is 1.70. The first kappa shape index (κ1) is 18.2. The molecule has 0 radical (unpaired) electrons. The van der Waals surface area contributed by atoms with E-state index in [0.717, 1.165) is 0 Å². The molecular weight excluding hydrogens is 320 g/mol. The number of ether oxygens (including phenoxy) is 2. The molecule has 2 aromatic rings. The maximum Gasteiger partial charge on any atom is 0.238 e. The van der Waals surface area contributed by atoms with Crippen LogP contribution in [0.2, 0.25) is 0 Å². The molecule has 0 fully saturated rings. The molecule has 0 unspecified atom stereocenters. The van der Waals surface area contributed by atoms with E-state index in [1.165, 1.54) is 6.20 Å². The van der Waals surface area contributed by atoms with E-state index in [1.807, 2.05) is 13.8 Å². The highest BCUT2D eigenvalue weighted by atomic mass is 16.5. The van der Waals surface area contributed by atoms with Gasteiger partial charge in [-0.25, -0.2) is 4.98 Å². The van der Waals surface area contributed by atoms with Crippen LogP contribution in [0.5, 0.6) is 17.4 Å². The predicted molar refractivity (Wildman–Crippen MR) is 93.8 cm³/mol. The third-order valence-corrected chi connectivity index (χ3v) is 3.02. The number of benzene rings is 1. The molecule has 0 bridgehead atoms. The Morgan fingerprint density at radius 1 is 1.32 bits per heavy atom. The monoisotopic (exact) mass is 340 g/mol. The average molecular weight is 340 g/mol. The van der Waals surface area contributed by atoms with Crippen LogP contribution in [-0.4, -0.2) is 30.6 Å². The Hall–Kier alpha value is -3.11. The molecule has 130 valence electrons. The van der Waals surface area contributed by atoms with Crippen LogP contribution < -0.4 is 20.1 Å². The zero-order valence-electron chi connectivity index (χ0n) is 14.4. The number of carbonyl (C=O) groups excluding carboxylic acids is 1. The van der Waals surface area contributed by atoms with Crippen molar-refractivity contribution >= 4 is 11.6 Å². The van der Waals surface area contributed by atoms with Gasteiger partial charge in [-0.1, -0.05) is 0 Å². The smallest absolute Gasteiger partial charge is 0.238 e. The third-order valence-electron chi connectivity index (χ3n) is 3.02. The lowest BCUT2D eigenvalue weighted by atomic mass is 10.2. The standard InChI is InChI=1S/C18H20N4O3/c1-12(2)24-16-8-15(6-4-13(16)9-19)25-18-7-5-14(10-21-18)22-17(23)11-20-3/h4-8,10,12,20H,11H2,1-3H3,(H,22,23). The molecule has 0 atom stereocenters. The number of nitrogens with one attached hydrogen (secondary N) is 2. The number of aromatic nitrogens is 1. The number of amides is 1. The van der Waals surface area contributed by atoms with E-state index in [4.69, 9.17) is 14.7 Å². The summed E-state index contributed by atoms with van der Waals surface area (Å²) in [5, 5.41) is 14.6. The largest absolute Gasteiger partial charge is 0.489 e. The van der Waals surface area contributed by atoms with Crippen LogP contribution in [-0.2, 0) is 4.79 Å². The fourth-order valence-electron chi connectivity index (χ4n) is 2.01. The predicted octanol–water partition coefficient (Wildman–Crippen LogP) is 2.69. The summed E-state index contributed by atoms with van der Waals surface area (Å²) >= 11 is 0. The van der Waals surface area contributed by atoms with Crippen molar-refractivity contribution in [3.8, 4) is 23.4 Å². The highest BCUT2D eigenvalue weighted by Crippen LogP contribution is 2.28. The van der Waals surface area contributed by atoms with Crippen molar-refractivity contribution in [1.82, 2.24) is 10.3 Å². The molecule has 2 rings (SSSR count). The van der Waals surface area contributed by atoms with Crippen molar-refractivity contribution in [3.63, 3.8) is 0 Å². The zero-order chi connectivity index (χ0) is 18.2. The summed E-state index contributed by atoms with van der Waals surface area (Å²) in [6.45, 7) is 4.00. The molecular formula is C18H20N4O3. The van der Waals surface area contributed by atoms with Crippen molar-refractivity contribution < 1.29 is 14.3 Å². The lowest BCUT2D eigenvalue weighted by Gasteiger charge is -2.13. The molecule has 0 aliphatic rings. The maximum atomic E-state index is 11.5. The van der Waals surface area contributed by atoms with Gasteiger partial charge in [0.25, 0.3) is 0 Å². The van der Waals surface area contributed by atoms with Gasteiger partial charge in [-0.05, 0) is 39.1 Å². The first-order chi connectivity index (χ1) is 12.0. The highest BCUT2D eigenvalue weighted by Gasteiger charge is 2.09. The van der Waals surface area contributed by atoms with Crippen molar-refractivity contribution in [3.05, 3.63) is 42.1 Å². The van der Waals surface area contributed by atoms with Gasteiger partial charge in [0.05, 0.1) is 30.1 Å². The van der Waals surface area contributed by atoms with Crippen LogP contribution in [0.4, 0.5) is 5.69 Å². The van der Waals surface area contributed by atoms with Crippen LogP contribution in [0.15, 0.2) is 36.5 Å². The van der Waals surface area contributed by atoms with Gasteiger partial charge in [-0.3, -0.25) is 4.79 Å². The fourth-order valence-corrected chi connectivity index (χ4v) is 2.01. The number of hydrogen-bond acceptors (Lipinski definition) is 6. The number of rotatable bonds is 7. The molecule has 25 heavy (non-hydrogen) atoms. The third kappa shape index (κ3) is 5.48. The molecule has 1 amide bonds. The Labute approximate surface area is 146 Å². The number of likely N-dealkylation sites (N-methyl/N-ethyl adjacent to an activating group) is 1. The van der Waals surface area contributed by atoms with E-state index in [1.54, 1.807) is 37.4 Å². The molecule has 0 aliphatic carbocycles. The molecule has 0 aliphatic heterocycles. The summed E-state index contributed by atoms with van der Waals surface area (Å²) in [6, 6.07) is 10.4. The van der Waals surface area contributed by atoms with Crippen molar-refractivity contribution in [2.45, 2.75) is 20.0 Å². The second-order valence-electron chi connectivity index (χ2n) is 5.50. The summed E-state index contributed by atoms with van der Waals surface area (Å²) < 4.78 is 11.3. The highest BCUT2D eigenvalue weighted by molar-refractivity contribution is 5.92. The lowest BCUT2D eigenvalue weighted by Crippen LogP contribution is -2.25. The van der Waals surface area contributed by atoms with Gasteiger partial charge in [-0.15, -0.1) is 0 Å². The number of nitrogens with zero attached hydrogens (tertiary/aromatic N) is 2. The number of hydrogen-bond donors (Lipinski definition) is 2. The average Bonchev–Trinajstić information content (AvgIpc) is 2.57. The summed E-state index contributed by atoms with van der Waals surface area (Å²) in [6.07, 6.45) is 1.46. The fraction of sp³-hybridized carbons (Fsp3) is 0.278. The molecule has 2 N–H and O–H groups in total. The molecule has 7 heteroatoms. The van der Waals surface area contributed by atoms with E-state index in [9.17, 15) is 4.79 Å². The molecule has 0 spiro atoms. The Morgan fingerprint density at radius 2 is 2.12 bits per heavy atom. The SMILES string of the molecule is CNCC(=O)Nc1ccc(Oc2ccc(C#N)c(OC(C)C)c2)nc1. The van der Waals surface area contributed by atoms with E-state index in [2.05, 4.69) is 21.7 Å². The van der Waals surface area contributed by atoms with Crippen molar-refractivity contribution in [2.75, 3.05) is 18.9 Å². The van der Waals surface area contributed by atoms with Gasteiger partial charge in [0.15, 0.2) is 0 Å². The number of pyridine rings is 1. The molecule has 0 saturated heterocycles. The molecule has 1 aromatic carbocycles. The minimum atomic E-state index is -0.152. The molecule has 7 nitrogen and oxygen atoms in total. The second-order valence-corrected chi connectivity index (χ2v) is 5.50. The van der Waals surface area contributed by atoms with Crippen LogP contribution in [0.1, 0.15) is 19.4 Å². The minimum Gasteiger partial charge on any atom is -0.489 e. The molecule has 0 saturated carbocycles. The first-order valence-corrected chi connectivity index (χ1v) is 7.81.